The lowest BCUT2D eigenvalue weighted by Gasteiger charge is -2.20. The summed E-state index contributed by atoms with van der Waals surface area (Å²) in [6, 6.07) is 0. The van der Waals surface area contributed by atoms with E-state index in [9.17, 15) is 30.7 Å². The van der Waals surface area contributed by atoms with Gasteiger partial charge in [-0.05, 0) is 6.42 Å². The van der Waals surface area contributed by atoms with Gasteiger partial charge in [0.2, 0.25) is 0 Å². The Labute approximate surface area is 69.0 Å². The van der Waals surface area contributed by atoms with Gasteiger partial charge in [0.05, 0.1) is 5.57 Å². The summed E-state index contributed by atoms with van der Waals surface area (Å²) in [7, 11) is 0. The largest absolute Gasteiger partial charge is 0.457 e. The van der Waals surface area contributed by atoms with Crippen LogP contribution in [-0.2, 0) is 0 Å². The maximum atomic E-state index is 12.2. The average Bonchev–Trinajstić information content (AvgIpc) is 1.83. The molecule has 7 heteroatoms. The lowest BCUT2D eigenvalue weighted by molar-refractivity contribution is -0.266. The summed E-state index contributed by atoms with van der Waals surface area (Å²) >= 11 is 0. The Bertz CT molecular complexity index is 208. The summed E-state index contributed by atoms with van der Waals surface area (Å²) in [5, 5.41) is 0. The molecule has 0 N–H and O–H groups in total. The molecule has 0 fully saturated rings. The molecule has 0 aliphatic carbocycles. The molecule has 0 aliphatic rings. The molecule has 0 nitrogen and oxygen atoms in total. The Kier molecular flexibility index (Phi) is 3.34. The second-order valence-corrected chi connectivity index (χ2v) is 2.16. The summed E-state index contributed by atoms with van der Waals surface area (Å²) in [5.74, 6) is -5.44. The molecule has 0 rings (SSSR count). The van der Waals surface area contributed by atoms with Crippen molar-refractivity contribution in [2.75, 3.05) is 0 Å². The van der Waals surface area contributed by atoms with Crippen LogP contribution in [0.5, 0.6) is 0 Å². The van der Waals surface area contributed by atoms with E-state index in [-0.39, 0.29) is 0 Å². The number of allylic oxidation sites excluding steroid dienone is 1. The number of hydrogen-bond acceptors (Lipinski definition) is 0. The highest BCUT2D eigenvalue weighted by molar-refractivity contribution is 5.15. The minimum atomic E-state index is -5.97. The van der Waals surface area contributed by atoms with Crippen molar-refractivity contribution < 1.29 is 30.7 Å². The molecular weight excluding hydrogens is 205 g/mol. The fourth-order valence-electron chi connectivity index (χ4n) is 0.645. The molecular formula is C6H5F7. The van der Waals surface area contributed by atoms with Crippen LogP contribution in [0, 0.1) is 0 Å². The van der Waals surface area contributed by atoms with E-state index in [1.165, 1.54) is 0 Å². The number of alkyl halides is 5. The summed E-state index contributed by atoms with van der Waals surface area (Å²) < 4.78 is 82.2. The van der Waals surface area contributed by atoms with Crippen molar-refractivity contribution in [3.8, 4) is 0 Å². The maximum Gasteiger partial charge on any atom is 0.457 e. The Hall–Kier alpha value is -0.750. The molecule has 0 aromatic carbocycles. The minimum Gasteiger partial charge on any atom is -0.191 e. The van der Waals surface area contributed by atoms with Gasteiger partial charge >= 0.3 is 12.1 Å². The zero-order valence-corrected chi connectivity index (χ0v) is 6.35. The Morgan fingerprint density at radius 2 is 1.38 bits per heavy atom. The van der Waals surface area contributed by atoms with E-state index in [0.29, 0.717) is 0 Å². The van der Waals surface area contributed by atoms with E-state index >= 15 is 0 Å². The zero-order chi connectivity index (χ0) is 10.9. The lowest BCUT2D eigenvalue weighted by atomic mass is 10.1. The smallest absolute Gasteiger partial charge is 0.191 e. The van der Waals surface area contributed by atoms with E-state index < -0.39 is 30.2 Å². The molecule has 13 heavy (non-hydrogen) atoms. The third kappa shape index (κ3) is 2.35. The molecule has 0 aromatic rings. The third-order valence-electron chi connectivity index (χ3n) is 1.32. The van der Waals surface area contributed by atoms with Crippen molar-refractivity contribution in [3.05, 3.63) is 11.7 Å². The number of hydrogen-bond donors (Lipinski definition) is 0. The van der Waals surface area contributed by atoms with E-state index in [2.05, 4.69) is 0 Å². The van der Waals surface area contributed by atoms with Crippen LogP contribution in [0.1, 0.15) is 13.3 Å². The van der Waals surface area contributed by atoms with Gasteiger partial charge in [0.1, 0.15) is 0 Å². The predicted molar refractivity (Wildman–Crippen MR) is 30.5 cm³/mol. The first-order chi connectivity index (χ1) is 5.64. The van der Waals surface area contributed by atoms with Crippen LogP contribution in [0.4, 0.5) is 30.7 Å². The fraction of sp³-hybridized carbons (Fsp3) is 0.667. The average molecular weight is 210 g/mol. The minimum absolute atomic E-state index is 0.800. The van der Waals surface area contributed by atoms with Gasteiger partial charge in [-0.3, -0.25) is 0 Å². The van der Waals surface area contributed by atoms with Gasteiger partial charge in [-0.15, -0.1) is 0 Å². The fourth-order valence-corrected chi connectivity index (χ4v) is 0.645. The Morgan fingerprint density at radius 1 is 1.00 bits per heavy atom. The van der Waals surface area contributed by atoms with E-state index in [4.69, 9.17) is 0 Å². The molecule has 0 bridgehead atoms. The van der Waals surface area contributed by atoms with Gasteiger partial charge in [-0.2, -0.15) is 30.7 Å². The second kappa shape index (κ2) is 3.55. The topological polar surface area (TPSA) is 0 Å². The molecule has 0 amide bonds. The van der Waals surface area contributed by atoms with Crippen LogP contribution >= 0.6 is 0 Å². The van der Waals surface area contributed by atoms with Crippen molar-refractivity contribution >= 4 is 0 Å². The first-order valence-electron chi connectivity index (χ1n) is 3.13. The Morgan fingerprint density at radius 3 is 1.46 bits per heavy atom. The van der Waals surface area contributed by atoms with Crippen molar-refractivity contribution in [3.63, 3.8) is 0 Å². The highest BCUT2D eigenvalue weighted by Crippen LogP contribution is 2.43. The van der Waals surface area contributed by atoms with E-state index in [0.717, 1.165) is 6.92 Å². The quantitative estimate of drug-likeness (QED) is 0.609. The standard InChI is InChI=1S/C6H5F7/c1-2-3(4(7)8)5(9,10)6(11,12)13/h2H2,1H3. The third-order valence-corrected chi connectivity index (χ3v) is 1.32. The first-order valence-corrected chi connectivity index (χ1v) is 3.13. The van der Waals surface area contributed by atoms with Crippen molar-refractivity contribution in [1.29, 1.82) is 0 Å². The predicted octanol–water partition coefficient (Wildman–Crippen LogP) is 3.74. The SMILES string of the molecule is CCC(=C(F)F)C(F)(F)C(F)(F)F. The molecule has 0 aliphatic heterocycles. The van der Waals surface area contributed by atoms with Crippen LogP contribution in [0.15, 0.2) is 11.7 Å². The molecule has 78 valence electrons. The van der Waals surface area contributed by atoms with Crippen LogP contribution in [0.3, 0.4) is 0 Å². The zero-order valence-electron chi connectivity index (χ0n) is 6.35. The second-order valence-electron chi connectivity index (χ2n) is 2.16. The molecule has 0 saturated carbocycles. The molecule has 0 saturated heterocycles. The van der Waals surface area contributed by atoms with Crippen LogP contribution in [0.25, 0.3) is 0 Å². The first kappa shape index (κ1) is 12.2. The van der Waals surface area contributed by atoms with Crippen LogP contribution < -0.4 is 0 Å². The van der Waals surface area contributed by atoms with Crippen molar-refractivity contribution in [1.82, 2.24) is 0 Å². The van der Waals surface area contributed by atoms with Crippen molar-refractivity contribution in [2.45, 2.75) is 25.4 Å². The number of halogens is 7. The van der Waals surface area contributed by atoms with Gasteiger partial charge in [0.25, 0.3) is 6.08 Å². The van der Waals surface area contributed by atoms with Gasteiger partial charge in [0, 0.05) is 0 Å². The molecule has 0 radical (unpaired) electrons. The highest BCUT2D eigenvalue weighted by atomic mass is 19.4. The monoisotopic (exact) mass is 210 g/mol. The summed E-state index contributed by atoms with van der Waals surface area (Å²) in [5.41, 5.74) is -2.18. The summed E-state index contributed by atoms with van der Waals surface area (Å²) in [6.07, 6.45) is -10.00. The molecule has 0 heterocycles. The van der Waals surface area contributed by atoms with Crippen LogP contribution in [0.2, 0.25) is 0 Å². The maximum absolute atomic E-state index is 12.2. The highest BCUT2D eigenvalue weighted by Gasteiger charge is 2.60. The van der Waals surface area contributed by atoms with E-state index in [1.54, 1.807) is 0 Å². The van der Waals surface area contributed by atoms with Gasteiger partial charge in [0.15, 0.2) is 0 Å². The lowest BCUT2D eigenvalue weighted by Crippen LogP contribution is -2.38. The number of rotatable bonds is 2. The summed E-state index contributed by atoms with van der Waals surface area (Å²) in [4.78, 5) is 0. The normalized spacial score (nSPS) is 12.9. The van der Waals surface area contributed by atoms with Crippen LogP contribution in [-0.4, -0.2) is 12.1 Å². The van der Waals surface area contributed by atoms with Crippen molar-refractivity contribution in [2.24, 2.45) is 0 Å². The van der Waals surface area contributed by atoms with Gasteiger partial charge in [-0.25, -0.2) is 0 Å². The summed E-state index contributed by atoms with van der Waals surface area (Å²) in [6.45, 7) is 0.800. The molecule has 0 atom stereocenters. The molecule has 0 unspecified atom stereocenters. The van der Waals surface area contributed by atoms with E-state index in [1.807, 2.05) is 0 Å². The molecule has 0 aromatic heterocycles. The van der Waals surface area contributed by atoms with Gasteiger partial charge in [-0.1, -0.05) is 6.92 Å². The Balaban J connectivity index is 5.15. The molecule has 0 spiro atoms. The van der Waals surface area contributed by atoms with Gasteiger partial charge < -0.3 is 0 Å².